The summed E-state index contributed by atoms with van der Waals surface area (Å²) in [5.74, 6) is 0.238. The van der Waals surface area contributed by atoms with Crippen LogP contribution in [0.25, 0.3) is 0 Å². The number of carbonyl (C=O) groups excluding carboxylic acids is 2. The van der Waals surface area contributed by atoms with Crippen LogP contribution in [0.4, 0.5) is 0 Å². The Morgan fingerprint density at radius 1 is 1.21 bits per heavy atom. The van der Waals surface area contributed by atoms with Gasteiger partial charge in [-0.3, -0.25) is 14.5 Å². The van der Waals surface area contributed by atoms with Gasteiger partial charge in [0.05, 0.1) is 12.0 Å². The lowest BCUT2D eigenvalue weighted by molar-refractivity contribution is -0.128. The molecule has 28 heavy (non-hydrogen) atoms. The molecule has 6 heteroatoms. The van der Waals surface area contributed by atoms with Gasteiger partial charge in [-0.15, -0.1) is 0 Å². The SMILES string of the molecule is CCCNC(=O)CN1CCC(NC(=O)C2(c3cccc(Cl)c3)CCCC2)CC1. The Kier molecular flexibility index (Phi) is 7.36. The van der Waals surface area contributed by atoms with E-state index < -0.39 is 5.41 Å². The molecule has 3 rings (SSSR count). The molecule has 1 aromatic rings. The molecule has 154 valence electrons. The molecule has 0 unspecified atom stereocenters. The Hall–Kier alpha value is -1.59. The first-order valence-electron chi connectivity index (χ1n) is 10.6. The molecule has 2 amide bonds. The number of carbonyl (C=O) groups is 2. The normalized spacial score (nSPS) is 20.1. The Balaban J connectivity index is 1.55. The van der Waals surface area contributed by atoms with E-state index in [1.54, 1.807) is 0 Å². The van der Waals surface area contributed by atoms with Gasteiger partial charge in [0.15, 0.2) is 0 Å². The van der Waals surface area contributed by atoms with Crippen molar-refractivity contribution in [1.29, 1.82) is 0 Å². The van der Waals surface area contributed by atoms with Gasteiger partial charge in [-0.05, 0) is 49.8 Å². The van der Waals surface area contributed by atoms with Gasteiger partial charge < -0.3 is 10.6 Å². The van der Waals surface area contributed by atoms with E-state index in [1.807, 2.05) is 24.3 Å². The van der Waals surface area contributed by atoms with Gasteiger partial charge in [-0.25, -0.2) is 0 Å². The zero-order valence-electron chi connectivity index (χ0n) is 16.8. The molecular weight excluding hydrogens is 374 g/mol. The van der Waals surface area contributed by atoms with Gasteiger partial charge in [0.2, 0.25) is 11.8 Å². The fourth-order valence-corrected chi connectivity index (χ4v) is 4.68. The standard InChI is InChI=1S/C22H32ClN3O2/c1-2-12-24-20(27)16-26-13-8-19(9-14-26)25-21(28)22(10-3-4-11-22)17-6-5-7-18(23)15-17/h5-7,15,19H,2-4,8-14,16H2,1H3,(H,24,27)(H,25,28). The molecule has 1 saturated carbocycles. The molecule has 1 heterocycles. The first-order valence-corrected chi connectivity index (χ1v) is 11.0. The highest BCUT2D eigenvalue weighted by atomic mass is 35.5. The molecule has 2 fully saturated rings. The lowest BCUT2D eigenvalue weighted by Gasteiger charge is -2.35. The summed E-state index contributed by atoms with van der Waals surface area (Å²) in [5.41, 5.74) is 0.599. The number of halogens is 1. The summed E-state index contributed by atoms with van der Waals surface area (Å²) in [6.07, 6.45) is 6.65. The molecule has 0 radical (unpaired) electrons. The van der Waals surface area contributed by atoms with Gasteiger partial charge in [-0.2, -0.15) is 0 Å². The number of benzene rings is 1. The van der Waals surface area contributed by atoms with Crippen LogP contribution in [0.15, 0.2) is 24.3 Å². The highest BCUT2D eigenvalue weighted by molar-refractivity contribution is 6.30. The third-order valence-electron chi connectivity index (χ3n) is 6.13. The molecule has 0 bridgehead atoms. The second-order valence-corrected chi connectivity index (χ2v) is 8.61. The van der Waals surface area contributed by atoms with Crippen molar-refractivity contribution in [3.05, 3.63) is 34.9 Å². The van der Waals surface area contributed by atoms with E-state index in [9.17, 15) is 9.59 Å². The summed E-state index contributed by atoms with van der Waals surface area (Å²) in [7, 11) is 0. The van der Waals surface area contributed by atoms with Crippen LogP contribution in [0.2, 0.25) is 5.02 Å². The summed E-state index contributed by atoms with van der Waals surface area (Å²) in [4.78, 5) is 27.4. The summed E-state index contributed by atoms with van der Waals surface area (Å²) in [5, 5.41) is 6.93. The van der Waals surface area contributed by atoms with Crippen molar-refractivity contribution in [3.63, 3.8) is 0 Å². The van der Waals surface area contributed by atoms with Gasteiger partial charge in [0.1, 0.15) is 0 Å². The van der Waals surface area contributed by atoms with Crippen molar-refractivity contribution >= 4 is 23.4 Å². The summed E-state index contributed by atoms with van der Waals surface area (Å²) in [6, 6.07) is 7.96. The number of piperidine rings is 1. The van der Waals surface area contributed by atoms with Crippen LogP contribution < -0.4 is 10.6 Å². The number of hydrogen-bond acceptors (Lipinski definition) is 3. The molecule has 1 aliphatic heterocycles. The monoisotopic (exact) mass is 405 g/mol. The number of amides is 2. The average molecular weight is 406 g/mol. The molecular formula is C22H32ClN3O2. The summed E-state index contributed by atoms with van der Waals surface area (Å²) in [6.45, 7) is 4.92. The number of likely N-dealkylation sites (tertiary alicyclic amines) is 1. The third-order valence-corrected chi connectivity index (χ3v) is 6.37. The van der Waals surface area contributed by atoms with Crippen LogP contribution in [0.1, 0.15) is 57.4 Å². The van der Waals surface area contributed by atoms with Crippen LogP contribution in [0, 0.1) is 0 Å². The summed E-state index contributed by atoms with van der Waals surface area (Å²) < 4.78 is 0. The largest absolute Gasteiger partial charge is 0.355 e. The highest BCUT2D eigenvalue weighted by Crippen LogP contribution is 2.42. The first-order chi connectivity index (χ1) is 13.5. The molecule has 1 aliphatic carbocycles. The topological polar surface area (TPSA) is 61.4 Å². The van der Waals surface area contributed by atoms with Crippen LogP contribution in [0.3, 0.4) is 0 Å². The highest BCUT2D eigenvalue weighted by Gasteiger charge is 2.43. The predicted molar refractivity (Wildman–Crippen MR) is 113 cm³/mol. The van der Waals surface area contributed by atoms with Crippen LogP contribution in [-0.4, -0.2) is 48.9 Å². The lowest BCUT2D eigenvalue weighted by atomic mass is 9.77. The van der Waals surface area contributed by atoms with E-state index in [0.717, 1.165) is 70.1 Å². The Bertz CT molecular complexity index is 680. The maximum atomic E-state index is 13.3. The Morgan fingerprint density at radius 2 is 1.93 bits per heavy atom. The Labute approximate surface area is 173 Å². The molecule has 0 atom stereocenters. The zero-order chi connectivity index (χ0) is 20.0. The molecule has 1 saturated heterocycles. The lowest BCUT2D eigenvalue weighted by Crippen LogP contribution is -2.51. The third kappa shape index (κ3) is 5.06. The minimum atomic E-state index is -0.442. The van der Waals surface area contributed by atoms with E-state index in [2.05, 4.69) is 22.5 Å². The quantitative estimate of drug-likeness (QED) is 0.731. The number of nitrogens with zero attached hydrogens (tertiary/aromatic N) is 1. The smallest absolute Gasteiger partial charge is 0.234 e. The minimum Gasteiger partial charge on any atom is -0.355 e. The summed E-state index contributed by atoms with van der Waals surface area (Å²) >= 11 is 6.20. The molecule has 0 aromatic heterocycles. The maximum absolute atomic E-state index is 13.3. The fourth-order valence-electron chi connectivity index (χ4n) is 4.49. The molecule has 2 N–H and O–H groups in total. The van der Waals surface area contributed by atoms with E-state index in [-0.39, 0.29) is 17.9 Å². The second-order valence-electron chi connectivity index (χ2n) is 8.17. The van der Waals surface area contributed by atoms with Crippen molar-refractivity contribution in [2.75, 3.05) is 26.2 Å². The van der Waals surface area contributed by atoms with Crippen LogP contribution >= 0.6 is 11.6 Å². The van der Waals surface area contributed by atoms with E-state index in [1.165, 1.54) is 0 Å². The predicted octanol–water partition coefficient (Wildman–Crippen LogP) is 3.26. The van der Waals surface area contributed by atoms with Crippen molar-refractivity contribution < 1.29 is 9.59 Å². The van der Waals surface area contributed by atoms with Gasteiger partial charge in [0, 0.05) is 30.7 Å². The van der Waals surface area contributed by atoms with E-state index >= 15 is 0 Å². The van der Waals surface area contributed by atoms with E-state index in [4.69, 9.17) is 11.6 Å². The number of hydrogen-bond donors (Lipinski definition) is 2. The van der Waals surface area contributed by atoms with Crippen LogP contribution in [-0.2, 0) is 15.0 Å². The fraction of sp³-hybridized carbons (Fsp3) is 0.636. The van der Waals surface area contributed by atoms with Gasteiger partial charge >= 0.3 is 0 Å². The van der Waals surface area contributed by atoms with Crippen LogP contribution in [0.5, 0.6) is 0 Å². The van der Waals surface area contributed by atoms with Crippen molar-refractivity contribution in [3.8, 4) is 0 Å². The Morgan fingerprint density at radius 3 is 2.57 bits per heavy atom. The van der Waals surface area contributed by atoms with Crippen molar-refractivity contribution in [1.82, 2.24) is 15.5 Å². The zero-order valence-corrected chi connectivity index (χ0v) is 17.6. The van der Waals surface area contributed by atoms with Crippen molar-refractivity contribution in [2.45, 2.75) is 63.3 Å². The maximum Gasteiger partial charge on any atom is 0.234 e. The molecule has 1 aromatic carbocycles. The van der Waals surface area contributed by atoms with E-state index in [0.29, 0.717) is 11.6 Å². The molecule has 5 nitrogen and oxygen atoms in total. The molecule has 0 spiro atoms. The minimum absolute atomic E-state index is 0.0928. The number of rotatable bonds is 7. The average Bonchev–Trinajstić information content (AvgIpc) is 3.19. The van der Waals surface area contributed by atoms with Crippen molar-refractivity contribution in [2.24, 2.45) is 0 Å². The number of nitrogens with one attached hydrogen (secondary N) is 2. The molecule has 2 aliphatic rings. The first kappa shape index (κ1) is 21.1. The van der Waals surface area contributed by atoms with Gasteiger partial charge in [-0.1, -0.05) is 43.5 Å². The van der Waals surface area contributed by atoms with Gasteiger partial charge in [0.25, 0.3) is 0 Å². The second kappa shape index (κ2) is 9.75.